The lowest BCUT2D eigenvalue weighted by atomic mass is 10.0. The minimum Gasteiger partial charge on any atom is -0.481 e. The van der Waals surface area contributed by atoms with Gasteiger partial charge in [-0.25, -0.2) is 9.97 Å². The summed E-state index contributed by atoms with van der Waals surface area (Å²) in [5.41, 5.74) is 0.894. The van der Waals surface area contributed by atoms with Crippen molar-refractivity contribution in [3.05, 3.63) is 24.3 Å². The number of aromatic nitrogens is 2. The third-order valence-corrected chi connectivity index (χ3v) is 4.11. The maximum absolute atomic E-state index is 11.8. The van der Waals surface area contributed by atoms with E-state index in [1.54, 1.807) is 12.4 Å². The van der Waals surface area contributed by atoms with Crippen LogP contribution in [0.15, 0.2) is 18.7 Å². The van der Waals surface area contributed by atoms with Crippen LogP contribution in [0.2, 0.25) is 0 Å². The van der Waals surface area contributed by atoms with Gasteiger partial charge in [0.15, 0.2) is 0 Å². The van der Waals surface area contributed by atoms with E-state index in [4.69, 9.17) is 5.11 Å². The van der Waals surface area contributed by atoms with Gasteiger partial charge in [-0.3, -0.25) is 9.59 Å². The number of hydrogen-bond donors (Lipinski definition) is 1. The smallest absolute Gasteiger partial charge is 0.303 e. The normalized spacial score (nSPS) is 10.7. The van der Waals surface area contributed by atoms with E-state index in [1.807, 2.05) is 0 Å². The lowest BCUT2D eigenvalue weighted by Crippen LogP contribution is -2.03. The molecule has 0 unspecified atom stereocenters. The standard InChI is InChI=1S/C19H30N2O3/c22-18(13-17-14-20-16-21-15-17)11-9-7-5-3-1-2-4-6-8-10-12-19(23)24/h14-16H,1-13H2,(H,23,24). The van der Waals surface area contributed by atoms with Crippen LogP contribution in [0, 0.1) is 0 Å². The van der Waals surface area contributed by atoms with Crippen molar-refractivity contribution in [3.63, 3.8) is 0 Å². The van der Waals surface area contributed by atoms with Gasteiger partial charge < -0.3 is 5.11 Å². The second-order valence-corrected chi connectivity index (χ2v) is 6.39. The minimum absolute atomic E-state index is 0.270. The Morgan fingerprint density at radius 3 is 1.71 bits per heavy atom. The third-order valence-electron chi connectivity index (χ3n) is 4.11. The Balaban J connectivity index is 1.83. The highest BCUT2D eigenvalue weighted by atomic mass is 16.4. The van der Waals surface area contributed by atoms with E-state index in [9.17, 15) is 9.59 Å². The first-order valence-corrected chi connectivity index (χ1v) is 9.16. The van der Waals surface area contributed by atoms with Crippen molar-refractivity contribution < 1.29 is 14.7 Å². The van der Waals surface area contributed by atoms with Crippen LogP contribution < -0.4 is 0 Å². The SMILES string of the molecule is O=C(O)CCCCCCCCCCCCC(=O)Cc1cncnc1. The Labute approximate surface area is 144 Å². The molecule has 0 radical (unpaired) electrons. The molecule has 1 aromatic rings. The maximum Gasteiger partial charge on any atom is 0.303 e. The molecule has 0 aliphatic rings. The van der Waals surface area contributed by atoms with Crippen molar-refractivity contribution in [1.82, 2.24) is 9.97 Å². The fourth-order valence-electron chi connectivity index (χ4n) is 2.75. The summed E-state index contributed by atoms with van der Waals surface area (Å²) in [6.45, 7) is 0. The Morgan fingerprint density at radius 2 is 1.21 bits per heavy atom. The molecule has 24 heavy (non-hydrogen) atoms. The summed E-state index contributed by atoms with van der Waals surface area (Å²) in [7, 11) is 0. The molecule has 1 N–H and O–H groups in total. The summed E-state index contributed by atoms with van der Waals surface area (Å²) >= 11 is 0. The molecule has 134 valence electrons. The van der Waals surface area contributed by atoms with E-state index in [0.717, 1.165) is 37.7 Å². The molecule has 0 fully saturated rings. The topological polar surface area (TPSA) is 80.1 Å². The average Bonchev–Trinajstić information content (AvgIpc) is 2.56. The van der Waals surface area contributed by atoms with E-state index < -0.39 is 5.97 Å². The number of carboxylic acids is 1. The zero-order valence-corrected chi connectivity index (χ0v) is 14.6. The zero-order valence-electron chi connectivity index (χ0n) is 14.6. The van der Waals surface area contributed by atoms with Gasteiger partial charge in [0, 0.05) is 31.7 Å². The van der Waals surface area contributed by atoms with E-state index in [0.29, 0.717) is 19.3 Å². The first-order valence-electron chi connectivity index (χ1n) is 9.16. The van der Waals surface area contributed by atoms with Crippen molar-refractivity contribution in [2.75, 3.05) is 0 Å². The Morgan fingerprint density at radius 1 is 0.750 bits per heavy atom. The Kier molecular flexibility index (Phi) is 11.5. The highest BCUT2D eigenvalue weighted by molar-refractivity contribution is 5.80. The molecule has 1 heterocycles. The summed E-state index contributed by atoms with van der Waals surface area (Å²) in [4.78, 5) is 30.0. The van der Waals surface area contributed by atoms with E-state index in [2.05, 4.69) is 9.97 Å². The Hall–Kier alpha value is -1.78. The second kappa shape index (κ2) is 13.6. The number of Topliss-reactive ketones (excluding diaryl/α,β-unsaturated/α-hetero) is 1. The van der Waals surface area contributed by atoms with Crippen molar-refractivity contribution in [3.8, 4) is 0 Å². The van der Waals surface area contributed by atoms with E-state index >= 15 is 0 Å². The summed E-state index contributed by atoms with van der Waals surface area (Å²) in [6, 6.07) is 0. The molecule has 1 aromatic heterocycles. The summed E-state index contributed by atoms with van der Waals surface area (Å²) in [5.74, 6) is -0.420. The van der Waals surface area contributed by atoms with Crippen molar-refractivity contribution >= 4 is 11.8 Å². The molecule has 5 nitrogen and oxygen atoms in total. The highest BCUT2D eigenvalue weighted by Gasteiger charge is 2.04. The summed E-state index contributed by atoms with van der Waals surface area (Å²) < 4.78 is 0. The lowest BCUT2D eigenvalue weighted by molar-refractivity contribution is -0.137. The van der Waals surface area contributed by atoms with Crippen LogP contribution in [0.25, 0.3) is 0 Å². The lowest BCUT2D eigenvalue weighted by Gasteiger charge is -2.03. The van der Waals surface area contributed by atoms with Crippen LogP contribution in [-0.4, -0.2) is 26.8 Å². The van der Waals surface area contributed by atoms with Gasteiger partial charge in [-0.2, -0.15) is 0 Å². The maximum atomic E-state index is 11.8. The summed E-state index contributed by atoms with van der Waals surface area (Å²) in [5, 5.41) is 8.54. The number of carbonyl (C=O) groups is 2. The van der Waals surface area contributed by atoms with Gasteiger partial charge in [0.2, 0.25) is 0 Å². The largest absolute Gasteiger partial charge is 0.481 e. The molecule has 0 aliphatic heterocycles. The minimum atomic E-state index is -0.689. The molecular weight excluding hydrogens is 304 g/mol. The van der Waals surface area contributed by atoms with Crippen molar-refractivity contribution in [2.45, 2.75) is 83.5 Å². The molecule has 0 bridgehead atoms. The molecule has 0 amide bonds. The fourth-order valence-corrected chi connectivity index (χ4v) is 2.75. The number of ketones is 1. The van der Waals surface area contributed by atoms with Crippen LogP contribution in [0.1, 0.15) is 82.6 Å². The first-order chi connectivity index (χ1) is 11.7. The monoisotopic (exact) mass is 334 g/mol. The molecular formula is C19H30N2O3. The zero-order chi connectivity index (χ0) is 17.5. The molecule has 0 spiro atoms. The van der Waals surface area contributed by atoms with E-state index in [-0.39, 0.29) is 5.78 Å². The Bertz CT molecular complexity index is 463. The molecule has 5 heteroatoms. The quantitative estimate of drug-likeness (QED) is 0.482. The van der Waals surface area contributed by atoms with Crippen LogP contribution in [0.5, 0.6) is 0 Å². The number of carboxylic acid groups (broad SMARTS) is 1. The number of rotatable bonds is 15. The molecule has 0 aromatic carbocycles. The van der Waals surface area contributed by atoms with Gasteiger partial charge in [0.05, 0.1) is 0 Å². The van der Waals surface area contributed by atoms with Crippen LogP contribution >= 0.6 is 0 Å². The third kappa shape index (κ3) is 11.7. The summed E-state index contributed by atoms with van der Waals surface area (Å²) in [6.07, 6.45) is 17.5. The highest BCUT2D eigenvalue weighted by Crippen LogP contribution is 2.12. The number of hydrogen-bond acceptors (Lipinski definition) is 4. The number of unbranched alkanes of at least 4 members (excludes halogenated alkanes) is 9. The average molecular weight is 334 g/mol. The number of aliphatic carboxylic acids is 1. The van der Waals surface area contributed by atoms with Gasteiger partial charge in [0.25, 0.3) is 0 Å². The molecule has 0 atom stereocenters. The fraction of sp³-hybridized carbons (Fsp3) is 0.684. The van der Waals surface area contributed by atoms with Crippen LogP contribution in [0.4, 0.5) is 0 Å². The predicted octanol–water partition coefficient (Wildman–Crippen LogP) is 4.35. The molecule has 0 aliphatic carbocycles. The van der Waals surface area contributed by atoms with E-state index in [1.165, 1.54) is 38.4 Å². The first kappa shape index (κ1) is 20.3. The van der Waals surface area contributed by atoms with Crippen LogP contribution in [0.3, 0.4) is 0 Å². The molecule has 0 saturated carbocycles. The van der Waals surface area contributed by atoms with Crippen molar-refractivity contribution in [1.29, 1.82) is 0 Å². The molecule has 1 rings (SSSR count). The van der Waals surface area contributed by atoms with Gasteiger partial charge >= 0.3 is 5.97 Å². The van der Waals surface area contributed by atoms with Gasteiger partial charge in [0.1, 0.15) is 12.1 Å². The predicted molar refractivity (Wildman–Crippen MR) is 93.8 cm³/mol. The second-order valence-electron chi connectivity index (χ2n) is 6.39. The van der Waals surface area contributed by atoms with Gasteiger partial charge in [-0.05, 0) is 18.4 Å². The number of carbonyl (C=O) groups excluding carboxylic acids is 1. The van der Waals surface area contributed by atoms with Gasteiger partial charge in [-0.1, -0.05) is 51.4 Å². The number of nitrogens with zero attached hydrogens (tertiary/aromatic N) is 2. The van der Waals surface area contributed by atoms with Crippen LogP contribution in [-0.2, 0) is 16.0 Å². The molecule has 0 saturated heterocycles. The van der Waals surface area contributed by atoms with Crippen molar-refractivity contribution in [2.24, 2.45) is 0 Å². The van der Waals surface area contributed by atoms with Gasteiger partial charge in [-0.15, -0.1) is 0 Å².